The number of halogens is 4. The summed E-state index contributed by atoms with van der Waals surface area (Å²) in [4.78, 5) is 17.5. The molecule has 13 heteroatoms. The van der Waals surface area contributed by atoms with Crippen molar-refractivity contribution in [1.82, 2.24) is 10.3 Å². The Hall–Kier alpha value is -3.94. The molecule has 1 spiro atoms. The number of alkyl halides is 3. The highest BCUT2D eigenvalue weighted by Crippen LogP contribution is 2.50. The average molecular weight is 621 g/mol. The summed E-state index contributed by atoms with van der Waals surface area (Å²) in [5.41, 5.74) is -4.26. The number of carbonyl (C=O) groups excluding carboxylic acids is 1. The van der Waals surface area contributed by atoms with Crippen molar-refractivity contribution in [3.8, 4) is 34.3 Å². The first kappa shape index (κ1) is 31.5. The summed E-state index contributed by atoms with van der Waals surface area (Å²) in [5, 5.41) is 23.8. The van der Waals surface area contributed by atoms with Crippen molar-refractivity contribution in [2.45, 2.75) is 43.0 Å². The standard InChI is InChI=1S/C31H32F4N2O7/c1-41-23-14-19(15-24(42-2)28(23)43-13-12-38)22(39)8-10-30(40,31(33,34)35)25-16-21-27(44-17-29(21)9-3-11-36-29)26(37-25)18-4-6-20(32)7-5-18/h4-7,14-16,36,38,40H,3,8-13,17H2,1-2H3. The molecule has 0 bridgehead atoms. The minimum Gasteiger partial charge on any atom is -0.493 e. The third-order valence-electron chi connectivity index (χ3n) is 8.04. The van der Waals surface area contributed by atoms with Crippen LogP contribution in [0.25, 0.3) is 11.3 Å². The number of hydrogen-bond acceptors (Lipinski definition) is 9. The smallest absolute Gasteiger partial charge is 0.422 e. The molecule has 5 rings (SSSR count). The van der Waals surface area contributed by atoms with Crippen LogP contribution in [-0.4, -0.2) is 67.7 Å². The van der Waals surface area contributed by atoms with Gasteiger partial charge in [-0.2, -0.15) is 13.2 Å². The van der Waals surface area contributed by atoms with E-state index >= 15 is 0 Å². The van der Waals surface area contributed by atoms with E-state index in [-0.39, 0.29) is 54.1 Å². The zero-order valence-electron chi connectivity index (χ0n) is 24.1. The zero-order chi connectivity index (χ0) is 31.7. The lowest BCUT2D eigenvalue weighted by Crippen LogP contribution is -2.44. The lowest BCUT2D eigenvalue weighted by molar-refractivity contribution is -0.270. The number of nitrogens with zero attached hydrogens (tertiary/aromatic N) is 1. The number of aliphatic hydroxyl groups excluding tert-OH is 1. The van der Waals surface area contributed by atoms with Gasteiger partial charge in [-0.05, 0) is 68.3 Å². The van der Waals surface area contributed by atoms with E-state index < -0.39 is 47.5 Å². The molecule has 236 valence electrons. The molecule has 3 heterocycles. The molecule has 44 heavy (non-hydrogen) atoms. The minimum atomic E-state index is -5.22. The molecule has 3 aromatic rings. The van der Waals surface area contributed by atoms with Crippen LogP contribution in [-0.2, 0) is 11.1 Å². The van der Waals surface area contributed by atoms with E-state index in [0.29, 0.717) is 24.1 Å². The summed E-state index contributed by atoms with van der Waals surface area (Å²) >= 11 is 0. The Morgan fingerprint density at radius 2 is 1.80 bits per heavy atom. The summed E-state index contributed by atoms with van der Waals surface area (Å²) in [7, 11) is 2.62. The van der Waals surface area contributed by atoms with Crippen molar-refractivity contribution < 1.29 is 51.5 Å². The molecular weight excluding hydrogens is 588 g/mol. The molecule has 2 unspecified atom stereocenters. The molecular formula is C31H32F4N2O7. The Morgan fingerprint density at radius 1 is 1.11 bits per heavy atom. The number of Topliss-reactive ketones (excluding diaryl/α,β-unsaturated/α-hetero) is 1. The largest absolute Gasteiger partial charge is 0.493 e. The second-order valence-corrected chi connectivity index (χ2v) is 10.7. The van der Waals surface area contributed by atoms with Crippen molar-refractivity contribution in [1.29, 1.82) is 0 Å². The third-order valence-corrected chi connectivity index (χ3v) is 8.04. The van der Waals surface area contributed by atoms with Crippen LogP contribution in [0.3, 0.4) is 0 Å². The van der Waals surface area contributed by atoms with Crippen LogP contribution in [0.4, 0.5) is 17.6 Å². The number of carbonyl (C=O) groups is 1. The molecule has 1 fully saturated rings. The van der Waals surface area contributed by atoms with E-state index in [0.717, 1.165) is 18.6 Å². The van der Waals surface area contributed by atoms with Crippen molar-refractivity contribution in [2.24, 2.45) is 0 Å². The molecule has 0 amide bonds. The Bertz CT molecular complexity index is 1500. The Morgan fingerprint density at radius 3 is 2.36 bits per heavy atom. The zero-order valence-corrected chi connectivity index (χ0v) is 24.1. The highest BCUT2D eigenvalue weighted by atomic mass is 19.4. The Labute approximate surface area is 250 Å². The number of nitrogens with one attached hydrogen (secondary N) is 1. The molecule has 2 aliphatic rings. The summed E-state index contributed by atoms with van der Waals surface area (Å²) < 4.78 is 80.0. The van der Waals surface area contributed by atoms with Gasteiger partial charge in [0, 0.05) is 23.1 Å². The lowest BCUT2D eigenvalue weighted by atomic mass is 9.84. The third kappa shape index (κ3) is 5.66. The first-order chi connectivity index (χ1) is 21.0. The fourth-order valence-corrected chi connectivity index (χ4v) is 5.67. The molecule has 2 aromatic carbocycles. The van der Waals surface area contributed by atoms with Crippen LogP contribution < -0.4 is 24.3 Å². The molecule has 1 saturated heterocycles. The molecule has 2 aliphatic heterocycles. The quantitative estimate of drug-likeness (QED) is 0.208. The predicted octanol–water partition coefficient (Wildman–Crippen LogP) is 4.66. The Kier molecular flexibility index (Phi) is 8.74. The number of ether oxygens (including phenoxy) is 4. The Balaban J connectivity index is 1.54. The van der Waals surface area contributed by atoms with Gasteiger partial charge in [0.05, 0.1) is 32.1 Å². The number of pyridine rings is 1. The van der Waals surface area contributed by atoms with Crippen LogP contribution >= 0.6 is 0 Å². The summed E-state index contributed by atoms with van der Waals surface area (Å²) in [6.07, 6.45) is -5.62. The first-order valence-electron chi connectivity index (χ1n) is 14.0. The van der Waals surface area contributed by atoms with Crippen LogP contribution in [0, 0.1) is 5.82 Å². The van der Waals surface area contributed by atoms with Crippen molar-refractivity contribution in [3.63, 3.8) is 0 Å². The topological polar surface area (TPSA) is 119 Å². The van der Waals surface area contributed by atoms with E-state index in [4.69, 9.17) is 24.1 Å². The molecule has 0 saturated carbocycles. The van der Waals surface area contributed by atoms with Crippen molar-refractivity contribution in [3.05, 3.63) is 65.1 Å². The van der Waals surface area contributed by atoms with E-state index in [1.54, 1.807) is 0 Å². The molecule has 9 nitrogen and oxygen atoms in total. The number of fused-ring (bicyclic) bond motifs is 2. The highest BCUT2D eigenvalue weighted by molar-refractivity contribution is 5.97. The minimum absolute atomic E-state index is 0.0315. The highest BCUT2D eigenvalue weighted by Gasteiger charge is 2.57. The number of methoxy groups -OCH3 is 2. The van der Waals surface area contributed by atoms with Gasteiger partial charge in [0.2, 0.25) is 11.4 Å². The average Bonchev–Trinajstić information content (AvgIpc) is 3.64. The fraction of sp³-hybridized carbons (Fsp3) is 0.419. The van der Waals surface area contributed by atoms with Crippen LogP contribution in [0.5, 0.6) is 23.0 Å². The maximum Gasteiger partial charge on any atom is 0.422 e. The van der Waals surface area contributed by atoms with Gasteiger partial charge in [0.15, 0.2) is 23.0 Å². The van der Waals surface area contributed by atoms with E-state index in [1.165, 1.54) is 44.6 Å². The lowest BCUT2D eigenvalue weighted by Gasteiger charge is -2.31. The maximum atomic E-state index is 14.8. The summed E-state index contributed by atoms with van der Waals surface area (Å²) in [6, 6.07) is 8.85. The van der Waals surface area contributed by atoms with Crippen molar-refractivity contribution in [2.75, 3.05) is 40.6 Å². The summed E-state index contributed by atoms with van der Waals surface area (Å²) in [6.45, 7) is 0.396. The number of ketones is 1. The second-order valence-electron chi connectivity index (χ2n) is 10.7. The molecule has 0 aliphatic carbocycles. The van der Waals surface area contributed by atoms with Gasteiger partial charge in [-0.15, -0.1) is 0 Å². The molecule has 2 atom stereocenters. The monoisotopic (exact) mass is 620 g/mol. The van der Waals surface area contributed by atoms with Gasteiger partial charge in [0.1, 0.15) is 24.7 Å². The number of rotatable bonds is 11. The number of hydrogen-bond donors (Lipinski definition) is 3. The number of aromatic nitrogens is 1. The fourth-order valence-electron chi connectivity index (χ4n) is 5.67. The normalized spacial score (nSPS) is 18.9. The molecule has 1 aromatic heterocycles. The van der Waals surface area contributed by atoms with Crippen LogP contribution in [0.1, 0.15) is 47.3 Å². The van der Waals surface area contributed by atoms with Gasteiger partial charge in [-0.1, -0.05) is 0 Å². The van der Waals surface area contributed by atoms with E-state index in [1.807, 2.05) is 0 Å². The second kappa shape index (κ2) is 12.2. The predicted molar refractivity (Wildman–Crippen MR) is 150 cm³/mol. The molecule has 3 N–H and O–H groups in total. The number of benzene rings is 2. The van der Waals surface area contributed by atoms with Gasteiger partial charge in [0.25, 0.3) is 0 Å². The summed E-state index contributed by atoms with van der Waals surface area (Å²) in [5.74, 6) is -0.743. The van der Waals surface area contributed by atoms with Crippen LogP contribution in [0.15, 0.2) is 42.5 Å². The van der Waals surface area contributed by atoms with Gasteiger partial charge in [-0.3, -0.25) is 4.79 Å². The maximum absolute atomic E-state index is 14.8. The van der Waals surface area contributed by atoms with E-state index in [9.17, 15) is 27.5 Å². The first-order valence-corrected chi connectivity index (χ1v) is 14.0. The SMILES string of the molecule is COc1cc(C(=O)CCC(O)(c2cc3c(c(-c4ccc(F)cc4)n2)OCC32CCCN2)C(F)(F)F)cc(OC)c1OCCO. The molecule has 0 radical (unpaired) electrons. The van der Waals surface area contributed by atoms with Gasteiger partial charge in [-0.25, -0.2) is 9.37 Å². The van der Waals surface area contributed by atoms with Crippen molar-refractivity contribution >= 4 is 5.78 Å². The van der Waals surface area contributed by atoms with E-state index in [2.05, 4.69) is 10.3 Å². The number of aliphatic hydroxyl groups is 2. The van der Waals surface area contributed by atoms with Gasteiger partial charge < -0.3 is 34.5 Å². The van der Waals surface area contributed by atoms with Crippen LogP contribution in [0.2, 0.25) is 0 Å². The van der Waals surface area contributed by atoms with Gasteiger partial charge >= 0.3 is 6.18 Å².